The van der Waals surface area contributed by atoms with E-state index < -0.39 is 5.54 Å². The molecule has 1 rings (SSSR count). The second kappa shape index (κ2) is 11.2. The molecule has 4 N–H and O–H groups in total. The quantitative estimate of drug-likeness (QED) is 0.484. The van der Waals surface area contributed by atoms with E-state index in [-0.39, 0.29) is 13.2 Å². The Kier molecular flexibility index (Phi) is 9.96. The van der Waals surface area contributed by atoms with Crippen molar-refractivity contribution in [3.8, 4) is 0 Å². The van der Waals surface area contributed by atoms with Gasteiger partial charge in [0.2, 0.25) is 0 Å². The second-order valence-corrected chi connectivity index (χ2v) is 7.67. The molecule has 0 amide bonds. The highest BCUT2D eigenvalue weighted by molar-refractivity contribution is 7.11. The van der Waals surface area contributed by atoms with E-state index in [1.165, 1.54) is 61.1 Å². The summed E-state index contributed by atoms with van der Waals surface area (Å²) in [4.78, 5) is 2.74. The highest BCUT2D eigenvalue weighted by Crippen LogP contribution is 2.22. The molecule has 0 atom stereocenters. The maximum absolute atomic E-state index is 9.21. The molecule has 0 unspecified atom stereocenters. The summed E-state index contributed by atoms with van der Waals surface area (Å²) in [5.74, 6) is 0. The predicted octanol–water partition coefficient (Wildman–Crippen LogP) is 3.66. The van der Waals surface area contributed by atoms with Gasteiger partial charge in [-0.3, -0.25) is 0 Å². The van der Waals surface area contributed by atoms with Gasteiger partial charge in [0.25, 0.3) is 0 Å². The van der Waals surface area contributed by atoms with E-state index in [1.54, 1.807) is 0 Å². The van der Waals surface area contributed by atoms with Crippen molar-refractivity contribution in [3.63, 3.8) is 0 Å². The van der Waals surface area contributed by atoms with E-state index in [2.05, 4.69) is 19.1 Å². The van der Waals surface area contributed by atoms with Crippen molar-refractivity contribution >= 4 is 11.3 Å². The molecule has 0 radical (unpaired) electrons. The molecular weight excluding hydrogens is 294 g/mol. The van der Waals surface area contributed by atoms with Gasteiger partial charge in [0, 0.05) is 9.75 Å². The van der Waals surface area contributed by atoms with Crippen molar-refractivity contribution < 1.29 is 10.2 Å². The Morgan fingerprint density at radius 3 is 2.05 bits per heavy atom. The summed E-state index contributed by atoms with van der Waals surface area (Å²) in [7, 11) is 0. The highest BCUT2D eigenvalue weighted by atomic mass is 32.1. The Morgan fingerprint density at radius 1 is 0.909 bits per heavy atom. The first-order valence-electron chi connectivity index (χ1n) is 8.71. The topological polar surface area (TPSA) is 66.5 Å². The Hall–Kier alpha value is -0.420. The largest absolute Gasteiger partial charge is 0.394 e. The van der Waals surface area contributed by atoms with Crippen molar-refractivity contribution in [3.05, 3.63) is 21.9 Å². The zero-order valence-electron chi connectivity index (χ0n) is 14.0. The van der Waals surface area contributed by atoms with Crippen LogP contribution in [0.1, 0.15) is 68.0 Å². The molecule has 1 aromatic heterocycles. The first-order valence-corrected chi connectivity index (χ1v) is 9.53. The summed E-state index contributed by atoms with van der Waals surface area (Å²) in [5.41, 5.74) is 5.06. The lowest BCUT2D eigenvalue weighted by atomic mass is 9.96. The normalized spacial score (nSPS) is 12.0. The van der Waals surface area contributed by atoms with E-state index in [0.29, 0.717) is 6.42 Å². The van der Waals surface area contributed by atoms with Crippen molar-refractivity contribution in [1.29, 1.82) is 0 Å². The van der Waals surface area contributed by atoms with Crippen molar-refractivity contribution in [2.24, 2.45) is 5.73 Å². The third kappa shape index (κ3) is 7.73. The first-order chi connectivity index (χ1) is 10.6. The molecule has 0 saturated heterocycles. The third-order valence-corrected chi connectivity index (χ3v) is 5.45. The van der Waals surface area contributed by atoms with Gasteiger partial charge >= 0.3 is 0 Å². The van der Waals surface area contributed by atoms with Gasteiger partial charge in [-0.2, -0.15) is 0 Å². The number of unbranched alkanes of at least 4 members (excludes halogenated alkanes) is 6. The van der Waals surface area contributed by atoms with Crippen LogP contribution in [0.4, 0.5) is 0 Å². The van der Waals surface area contributed by atoms with Crippen molar-refractivity contribution in [2.75, 3.05) is 13.2 Å². The number of thiophene rings is 1. The lowest BCUT2D eigenvalue weighted by Gasteiger charge is -2.23. The van der Waals surface area contributed by atoms with Crippen LogP contribution in [0.2, 0.25) is 0 Å². The lowest BCUT2D eigenvalue weighted by molar-refractivity contribution is 0.115. The smallest absolute Gasteiger partial charge is 0.0633 e. The average Bonchev–Trinajstić information content (AvgIpc) is 3.00. The van der Waals surface area contributed by atoms with Gasteiger partial charge in [0.1, 0.15) is 0 Å². The molecule has 0 bridgehead atoms. The Balaban J connectivity index is 2.19. The third-order valence-electron chi connectivity index (χ3n) is 4.24. The van der Waals surface area contributed by atoms with Crippen LogP contribution in [-0.4, -0.2) is 29.0 Å². The Bertz CT molecular complexity index is 388. The fourth-order valence-corrected chi connectivity index (χ4v) is 3.59. The van der Waals surface area contributed by atoms with Crippen molar-refractivity contribution in [1.82, 2.24) is 0 Å². The zero-order chi connectivity index (χ0) is 16.3. The highest BCUT2D eigenvalue weighted by Gasteiger charge is 2.22. The average molecular weight is 328 g/mol. The summed E-state index contributed by atoms with van der Waals surface area (Å²) in [5, 5.41) is 18.4. The van der Waals surface area contributed by atoms with Crippen LogP contribution < -0.4 is 5.73 Å². The lowest BCUT2D eigenvalue weighted by Crippen LogP contribution is -2.47. The fourth-order valence-electron chi connectivity index (χ4n) is 2.53. The van der Waals surface area contributed by atoms with Crippen LogP contribution in [0.25, 0.3) is 0 Å². The molecule has 0 spiro atoms. The molecule has 0 aliphatic heterocycles. The Morgan fingerprint density at radius 2 is 1.45 bits per heavy atom. The van der Waals surface area contributed by atoms with Gasteiger partial charge in [-0.05, 0) is 37.8 Å². The molecule has 0 fully saturated rings. The summed E-state index contributed by atoms with van der Waals surface area (Å²) >= 11 is 1.85. The predicted molar refractivity (Wildman–Crippen MR) is 95.4 cm³/mol. The molecule has 0 aliphatic carbocycles. The van der Waals surface area contributed by atoms with E-state index in [9.17, 15) is 10.2 Å². The minimum Gasteiger partial charge on any atom is -0.394 e. The number of hydrogen-bond acceptors (Lipinski definition) is 4. The molecule has 128 valence electrons. The maximum Gasteiger partial charge on any atom is 0.0633 e. The molecular formula is C18H33NO2S. The number of hydrogen-bond donors (Lipinski definition) is 3. The van der Waals surface area contributed by atoms with Crippen molar-refractivity contribution in [2.45, 2.75) is 76.7 Å². The van der Waals surface area contributed by atoms with Crippen LogP contribution in [0.15, 0.2) is 12.1 Å². The second-order valence-electron chi connectivity index (χ2n) is 6.42. The van der Waals surface area contributed by atoms with Crippen LogP contribution in [0, 0.1) is 0 Å². The number of nitrogens with two attached hydrogens (primary N) is 1. The number of rotatable bonds is 13. The van der Waals surface area contributed by atoms with Gasteiger partial charge in [-0.25, -0.2) is 0 Å². The van der Waals surface area contributed by atoms with Gasteiger partial charge < -0.3 is 15.9 Å². The van der Waals surface area contributed by atoms with Crippen LogP contribution >= 0.6 is 11.3 Å². The summed E-state index contributed by atoms with van der Waals surface area (Å²) in [6, 6.07) is 4.38. The minimum atomic E-state index is -0.845. The fraction of sp³-hybridized carbons (Fsp3) is 0.778. The molecule has 3 nitrogen and oxygen atoms in total. The molecule has 4 heteroatoms. The zero-order valence-corrected chi connectivity index (χ0v) is 14.8. The number of aliphatic hydroxyl groups is 2. The molecule has 0 aromatic carbocycles. The molecule has 0 aliphatic rings. The van der Waals surface area contributed by atoms with E-state index in [1.807, 2.05) is 11.3 Å². The Labute approximate surface area is 139 Å². The number of aliphatic hydroxyl groups excluding tert-OH is 2. The summed E-state index contributed by atoms with van der Waals surface area (Å²) in [6.07, 6.45) is 12.1. The molecule has 1 aromatic rings. The van der Waals surface area contributed by atoms with Gasteiger partial charge in [0.05, 0.1) is 18.8 Å². The standard InChI is InChI=1S/C18H33NO2S/c1-2-3-4-5-6-7-8-9-16-10-11-17(22-16)12-13-18(19,14-20)15-21/h10-11,20-21H,2-9,12-15,19H2,1H3. The summed E-state index contributed by atoms with van der Waals surface area (Å²) in [6.45, 7) is 1.92. The van der Waals surface area contributed by atoms with Gasteiger partial charge in [0.15, 0.2) is 0 Å². The molecule has 0 saturated carbocycles. The SMILES string of the molecule is CCCCCCCCCc1ccc(CCC(N)(CO)CO)s1. The molecule has 22 heavy (non-hydrogen) atoms. The van der Waals surface area contributed by atoms with E-state index in [0.717, 1.165) is 6.42 Å². The van der Waals surface area contributed by atoms with E-state index in [4.69, 9.17) is 5.73 Å². The van der Waals surface area contributed by atoms with E-state index >= 15 is 0 Å². The molecule has 1 heterocycles. The minimum absolute atomic E-state index is 0.167. The maximum atomic E-state index is 9.21. The van der Waals surface area contributed by atoms with Crippen LogP contribution in [0.3, 0.4) is 0 Å². The monoisotopic (exact) mass is 327 g/mol. The van der Waals surface area contributed by atoms with Gasteiger partial charge in [-0.1, -0.05) is 45.4 Å². The first kappa shape index (κ1) is 19.6. The van der Waals surface area contributed by atoms with Crippen LogP contribution in [0.5, 0.6) is 0 Å². The number of aryl methyl sites for hydroxylation is 2. The van der Waals surface area contributed by atoms with Gasteiger partial charge in [-0.15, -0.1) is 11.3 Å². The summed E-state index contributed by atoms with van der Waals surface area (Å²) < 4.78 is 0. The van der Waals surface area contributed by atoms with Crippen LogP contribution in [-0.2, 0) is 12.8 Å².